The van der Waals surface area contributed by atoms with Crippen molar-refractivity contribution in [3.8, 4) is 0 Å². The molecule has 0 radical (unpaired) electrons. The topological polar surface area (TPSA) is 49.3 Å². The lowest BCUT2D eigenvalue weighted by Crippen LogP contribution is -2.39. The maximum atomic E-state index is 4.38. The Morgan fingerprint density at radius 3 is 2.71 bits per heavy atom. The summed E-state index contributed by atoms with van der Waals surface area (Å²) >= 11 is 1.77. The van der Waals surface area contributed by atoms with Gasteiger partial charge >= 0.3 is 0 Å². The van der Waals surface area contributed by atoms with Crippen LogP contribution < -0.4 is 10.6 Å². The number of aryl methyl sites for hydroxylation is 1. The number of rotatable bonds is 6. The van der Waals surface area contributed by atoms with E-state index in [-0.39, 0.29) is 0 Å². The van der Waals surface area contributed by atoms with Gasteiger partial charge in [-0.1, -0.05) is 32.1 Å². The number of hydrogen-bond acceptors (Lipinski definition) is 3. The SMILES string of the molecule is CN=C(NCCc1ncc(C)s1)NCCC1CCCCC1. The molecule has 0 bridgehead atoms. The molecule has 0 saturated heterocycles. The standard InChI is InChI=1S/C16H28N4S/c1-13-12-20-15(21-13)9-11-19-16(17-2)18-10-8-14-6-4-3-5-7-14/h12,14H,3-11H2,1-2H3,(H2,17,18,19). The van der Waals surface area contributed by atoms with Crippen molar-refractivity contribution in [2.24, 2.45) is 10.9 Å². The van der Waals surface area contributed by atoms with Crippen molar-refractivity contribution in [1.82, 2.24) is 15.6 Å². The number of aromatic nitrogens is 1. The van der Waals surface area contributed by atoms with Gasteiger partial charge in [-0.05, 0) is 19.3 Å². The van der Waals surface area contributed by atoms with Gasteiger partial charge in [0.1, 0.15) is 0 Å². The Morgan fingerprint density at radius 1 is 1.29 bits per heavy atom. The molecule has 1 aromatic heterocycles. The lowest BCUT2D eigenvalue weighted by atomic mass is 9.87. The number of hydrogen-bond donors (Lipinski definition) is 2. The molecular weight excluding hydrogens is 280 g/mol. The smallest absolute Gasteiger partial charge is 0.190 e. The molecule has 1 aliphatic rings. The average molecular weight is 308 g/mol. The zero-order chi connectivity index (χ0) is 14.9. The molecule has 0 spiro atoms. The van der Waals surface area contributed by atoms with Crippen LogP contribution in [-0.4, -0.2) is 31.1 Å². The summed E-state index contributed by atoms with van der Waals surface area (Å²) < 4.78 is 0. The van der Waals surface area contributed by atoms with Crippen LogP contribution in [0.4, 0.5) is 0 Å². The second kappa shape index (κ2) is 9.03. The molecule has 118 valence electrons. The van der Waals surface area contributed by atoms with Gasteiger partial charge in [-0.15, -0.1) is 11.3 Å². The van der Waals surface area contributed by atoms with E-state index in [1.165, 1.54) is 48.4 Å². The number of nitrogens with zero attached hydrogens (tertiary/aromatic N) is 2. The number of guanidine groups is 1. The average Bonchev–Trinajstić information content (AvgIpc) is 2.92. The van der Waals surface area contributed by atoms with Crippen molar-refractivity contribution in [2.45, 2.75) is 51.9 Å². The Labute approximate surface area is 132 Å². The van der Waals surface area contributed by atoms with Crippen LogP contribution in [0.1, 0.15) is 48.4 Å². The van der Waals surface area contributed by atoms with Crippen molar-refractivity contribution in [2.75, 3.05) is 20.1 Å². The van der Waals surface area contributed by atoms with E-state index in [0.29, 0.717) is 0 Å². The van der Waals surface area contributed by atoms with Crippen LogP contribution in [0.2, 0.25) is 0 Å². The van der Waals surface area contributed by atoms with Crippen LogP contribution in [0.25, 0.3) is 0 Å². The van der Waals surface area contributed by atoms with Crippen LogP contribution in [0.3, 0.4) is 0 Å². The molecule has 0 unspecified atom stereocenters. The summed E-state index contributed by atoms with van der Waals surface area (Å²) in [5.41, 5.74) is 0. The zero-order valence-electron chi connectivity index (χ0n) is 13.3. The van der Waals surface area contributed by atoms with Crippen molar-refractivity contribution >= 4 is 17.3 Å². The number of nitrogens with one attached hydrogen (secondary N) is 2. The molecule has 0 atom stereocenters. The molecular formula is C16H28N4S. The third-order valence-electron chi connectivity index (χ3n) is 4.09. The fourth-order valence-corrected chi connectivity index (χ4v) is 3.68. The minimum Gasteiger partial charge on any atom is -0.356 e. The van der Waals surface area contributed by atoms with E-state index in [2.05, 4.69) is 27.5 Å². The van der Waals surface area contributed by atoms with Crippen molar-refractivity contribution in [1.29, 1.82) is 0 Å². The van der Waals surface area contributed by atoms with Gasteiger partial charge in [-0.3, -0.25) is 4.99 Å². The highest BCUT2D eigenvalue weighted by Crippen LogP contribution is 2.25. The van der Waals surface area contributed by atoms with Crippen molar-refractivity contribution in [3.05, 3.63) is 16.1 Å². The summed E-state index contributed by atoms with van der Waals surface area (Å²) in [7, 11) is 1.84. The first kappa shape index (κ1) is 16.3. The predicted molar refractivity (Wildman–Crippen MR) is 91.1 cm³/mol. The molecule has 2 rings (SSSR count). The molecule has 0 aliphatic heterocycles. The highest BCUT2D eigenvalue weighted by Gasteiger charge is 2.12. The fourth-order valence-electron chi connectivity index (χ4n) is 2.90. The third-order valence-corrected chi connectivity index (χ3v) is 5.07. The maximum Gasteiger partial charge on any atom is 0.190 e. The van der Waals surface area contributed by atoms with Gasteiger partial charge in [0.15, 0.2) is 5.96 Å². The predicted octanol–water partition coefficient (Wildman–Crippen LogP) is 3.13. The molecule has 1 aliphatic carbocycles. The molecule has 2 N–H and O–H groups in total. The minimum atomic E-state index is 0.885. The van der Waals surface area contributed by atoms with Crippen LogP contribution in [0.15, 0.2) is 11.2 Å². The van der Waals surface area contributed by atoms with Gasteiger partial charge in [-0.2, -0.15) is 0 Å². The van der Waals surface area contributed by atoms with E-state index in [9.17, 15) is 0 Å². The summed E-state index contributed by atoms with van der Waals surface area (Å²) in [6, 6.07) is 0. The molecule has 0 aromatic carbocycles. The molecule has 1 fully saturated rings. The first-order valence-electron chi connectivity index (χ1n) is 8.13. The van der Waals surface area contributed by atoms with Crippen LogP contribution in [0, 0.1) is 12.8 Å². The third kappa shape index (κ3) is 6.04. The van der Waals surface area contributed by atoms with Gasteiger partial charge in [0.05, 0.1) is 5.01 Å². The van der Waals surface area contributed by atoms with Crippen LogP contribution in [-0.2, 0) is 6.42 Å². The molecule has 21 heavy (non-hydrogen) atoms. The number of aliphatic imine (C=N–C) groups is 1. The maximum absolute atomic E-state index is 4.38. The lowest BCUT2D eigenvalue weighted by molar-refractivity contribution is 0.339. The minimum absolute atomic E-state index is 0.885. The first-order valence-corrected chi connectivity index (χ1v) is 8.95. The Balaban J connectivity index is 1.59. The summed E-state index contributed by atoms with van der Waals surface area (Å²) in [4.78, 5) is 9.94. The summed E-state index contributed by atoms with van der Waals surface area (Å²) in [6.07, 6.45) is 11.3. The monoisotopic (exact) mass is 308 g/mol. The van der Waals surface area contributed by atoms with E-state index in [1.54, 1.807) is 11.3 Å². The molecule has 5 heteroatoms. The van der Waals surface area contributed by atoms with Gasteiger partial charge in [0.2, 0.25) is 0 Å². The Bertz CT molecular complexity index is 435. The summed E-state index contributed by atoms with van der Waals surface area (Å²) in [5.74, 6) is 1.83. The van der Waals surface area contributed by atoms with Crippen molar-refractivity contribution < 1.29 is 0 Å². The van der Waals surface area contributed by atoms with E-state index < -0.39 is 0 Å². The first-order chi connectivity index (χ1) is 10.3. The Morgan fingerprint density at radius 2 is 2.05 bits per heavy atom. The van der Waals surface area contributed by atoms with Crippen LogP contribution in [0.5, 0.6) is 0 Å². The molecule has 1 aromatic rings. The Kier molecular flexibility index (Phi) is 7.00. The van der Waals surface area contributed by atoms with E-state index in [1.807, 2.05) is 13.2 Å². The zero-order valence-corrected chi connectivity index (χ0v) is 14.1. The summed E-state index contributed by atoms with van der Waals surface area (Å²) in [5, 5.41) is 7.99. The van der Waals surface area contributed by atoms with E-state index >= 15 is 0 Å². The fraction of sp³-hybridized carbons (Fsp3) is 0.750. The second-order valence-electron chi connectivity index (χ2n) is 5.83. The van der Waals surface area contributed by atoms with Crippen LogP contribution >= 0.6 is 11.3 Å². The highest BCUT2D eigenvalue weighted by atomic mass is 32.1. The highest BCUT2D eigenvalue weighted by molar-refractivity contribution is 7.11. The van der Waals surface area contributed by atoms with Gasteiger partial charge < -0.3 is 10.6 Å². The molecule has 1 saturated carbocycles. The second-order valence-corrected chi connectivity index (χ2v) is 7.15. The van der Waals surface area contributed by atoms with Gasteiger partial charge in [0, 0.05) is 37.6 Å². The normalized spacial score (nSPS) is 17.0. The lowest BCUT2D eigenvalue weighted by Gasteiger charge is -2.22. The van der Waals surface area contributed by atoms with E-state index in [0.717, 1.165) is 31.4 Å². The quantitative estimate of drug-likeness (QED) is 0.627. The largest absolute Gasteiger partial charge is 0.356 e. The van der Waals surface area contributed by atoms with Crippen molar-refractivity contribution in [3.63, 3.8) is 0 Å². The Hall–Kier alpha value is -1.10. The van der Waals surface area contributed by atoms with E-state index in [4.69, 9.17) is 0 Å². The van der Waals surface area contributed by atoms with Gasteiger partial charge in [0.25, 0.3) is 0 Å². The molecule has 4 nitrogen and oxygen atoms in total. The molecule has 1 heterocycles. The molecule has 0 amide bonds. The van der Waals surface area contributed by atoms with Gasteiger partial charge in [-0.25, -0.2) is 4.98 Å². The number of thiazole rings is 1. The summed E-state index contributed by atoms with van der Waals surface area (Å²) in [6.45, 7) is 4.01.